The van der Waals surface area contributed by atoms with E-state index in [-0.39, 0.29) is 0 Å². The first kappa shape index (κ1) is 13.8. The molecule has 102 valence electrons. The summed E-state index contributed by atoms with van der Waals surface area (Å²) in [4.78, 5) is 4.52. The van der Waals surface area contributed by atoms with Gasteiger partial charge in [0, 0.05) is 18.5 Å². The molecule has 0 amide bonds. The van der Waals surface area contributed by atoms with Crippen LogP contribution in [0.1, 0.15) is 43.4 Å². The minimum atomic E-state index is 0.562. The van der Waals surface area contributed by atoms with Gasteiger partial charge in [-0.3, -0.25) is 0 Å². The van der Waals surface area contributed by atoms with Crippen LogP contribution in [-0.2, 0) is 6.42 Å². The number of aromatic nitrogens is 1. The molecule has 19 heavy (non-hydrogen) atoms. The first-order chi connectivity index (χ1) is 9.15. The quantitative estimate of drug-likeness (QED) is 0.890. The number of rotatable bonds is 5. The average Bonchev–Trinajstić information content (AvgIpc) is 2.79. The summed E-state index contributed by atoms with van der Waals surface area (Å²) in [6.07, 6.45) is 1.84. The maximum atomic E-state index is 5.62. The molecule has 1 aromatic carbocycles. The first-order valence-corrected chi connectivity index (χ1v) is 6.92. The van der Waals surface area contributed by atoms with Crippen LogP contribution in [0.15, 0.2) is 28.7 Å². The molecule has 1 aromatic heterocycles. The molecule has 2 aromatic rings. The fourth-order valence-corrected chi connectivity index (χ4v) is 2.15. The van der Waals surface area contributed by atoms with Crippen molar-refractivity contribution in [3.63, 3.8) is 0 Å². The highest BCUT2D eigenvalue weighted by Crippen LogP contribution is 2.26. The maximum Gasteiger partial charge on any atom is 0.196 e. The van der Waals surface area contributed by atoms with Crippen LogP contribution in [0.5, 0.6) is 0 Å². The topological polar surface area (TPSA) is 52.0 Å². The highest BCUT2D eigenvalue weighted by molar-refractivity contribution is 5.61. The highest BCUT2D eigenvalue weighted by atomic mass is 16.4. The van der Waals surface area contributed by atoms with Crippen molar-refractivity contribution in [2.24, 2.45) is 5.73 Å². The van der Waals surface area contributed by atoms with Crippen molar-refractivity contribution in [2.45, 2.75) is 39.5 Å². The molecule has 0 radical (unpaired) electrons. The number of hydrogen-bond acceptors (Lipinski definition) is 3. The number of hydrogen-bond donors (Lipinski definition) is 1. The summed E-state index contributed by atoms with van der Waals surface area (Å²) < 4.78 is 5.62. The lowest BCUT2D eigenvalue weighted by molar-refractivity contribution is 0.473. The Labute approximate surface area is 114 Å². The van der Waals surface area contributed by atoms with E-state index in [9.17, 15) is 0 Å². The zero-order chi connectivity index (χ0) is 13.8. The molecular formula is C16H22N2O. The van der Waals surface area contributed by atoms with Gasteiger partial charge in [-0.15, -0.1) is 0 Å². The van der Waals surface area contributed by atoms with E-state index in [2.05, 4.69) is 43.1 Å². The summed E-state index contributed by atoms with van der Waals surface area (Å²) >= 11 is 0. The van der Waals surface area contributed by atoms with E-state index in [4.69, 9.17) is 10.2 Å². The number of oxazole rings is 1. The third-order valence-corrected chi connectivity index (χ3v) is 3.56. The van der Waals surface area contributed by atoms with Gasteiger partial charge in [-0.1, -0.05) is 38.1 Å². The van der Waals surface area contributed by atoms with Crippen molar-refractivity contribution in [2.75, 3.05) is 6.54 Å². The Morgan fingerprint density at radius 1 is 1.26 bits per heavy atom. The fourth-order valence-electron chi connectivity index (χ4n) is 2.15. The summed E-state index contributed by atoms with van der Waals surface area (Å²) in [5, 5.41) is 0. The van der Waals surface area contributed by atoms with Crippen molar-refractivity contribution in [3.8, 4) is 11.3 Å². The molecule has 1 atom stereocenters. The molecule has 3 heteroatoms. The van der Waals surface area contributed by atoms with E-state index in [0.717, 1.165) is 29.3 Å². The van der Waals surface area contributed by atoms with E-state index in [1.807, 2.05) is 6.92 Å². The average molecular weight is 258 g/mol. The van der Waals surface area contributed by atoms with Gasteiger partial charge in [-0.05, 0) is 24.8 Å². The van der Waals surface area contributed by atoms with Crippen LogP contribution in [0, 0.1) is 6.92 Å². The van der Waals surface area contributed by atoms with Gasteiger partial charge in [0.2, 0.25) is 0 Å². The van der Waals surface area contributed by atoms with Crippen LogP contribution in [0.3, 0.4) is 0 Å². The van der Waals surface area contributed by atoms with Crippen LogP contribution >= 0.6 is 0 Å². The number of nitrogens with two attached hydrogens (primary N) is 1. The molecule has 0 aliphatic carbocycles. The van der Waals surface area contributed by atoms with Gasteiger partial charge in [0.15, 0.2) is 5.89 Å². The fraction of sp³-hybridized carbons (Fsp3) is 0.438. The SMILES string of the molecule is CCC(C)c1ccc(-c2nc(CCN)oc2C)cc1. The molecular weight excluding hydrogens is 236 g/mol. The lowest BCUT2D eigenvalue weighted by Crippen LogP contribution is -2.02. The van der Waals surface area contributed by atoms with Crippen molar-refractivity contribution in [1.29, 1.82) is 0 Å². The molecule has 0 spiro atoms. The van der Waals surface area contributed by atoms with Gasteiger partial charge >= 0.3 is 0 Å². The zero-order valence-electron chi connectivity index (χ0n) is 11.9. The first-order valence-electron chi connectivity index (χ1n) is 6.92. The van der Waals surface area contributed by atoms with E-state index in [1.54, 1.807) is 0 Å². The van der Waals surface area contributed by atoms with Gasteiger partial charge in [-0.25, -0.2) is 4.98 Å². The maximum absolute atomic E-state index is 5.62. The van der Waals surface area contributed by atoms with Crippen LogP contribution in [0.2, 0.25) is 0 Å². The lowest BCUT2D eigenvalue weighted by atomic mass is 9.97. The molecule has 0 saturated carbocycles. The largest absolute Gasteiger partial charge is 0.445 e. The van der Waals surface area contributed by atoms with E-state index in [0.29, 0.717) is 18.9 Å². The summed E-state index contributed by atoms with van der Waals surface area (Å²) in [5.41, 5.74) is 8.93. The molecule has 0 fully saturated rings. The van der Waals surface area contributed by atoms with Crippen LogP contribution in [0.25, 0.3) is 11.3 Å². The molecule has 1 heterocycles. The second-order valence-electron chi connectivity index (χ2n) is 4.98. The third kappa shape index (κ3) is 3.04. The van der Waals surface area contributed by atoms with Crippen molar-refractivity contribution in [1.82, 2.24) is 4.98 Å². The normalized spacial score (nSPS) is 12.6. The minimum Gasteiger partial charge on any atom is -0.445 e. The van der Waals surface area contributed by atoms with Gasteiger partial charge in [-0.2, -0.15) is 0 Å². The second kappa shape index (κ2) is 6.02. The Bertz CT molecular complexity index is 528. The molecule has 0 bridgehead atoms. The van der Waals surface area contributed by atoms with Crippen molar-refractivity contribution in [3.05, 3.63) is 41.5 Å². The van der Waals surface area contributed by atoms with E-state index >= 15 is 0 Å². The predicted octanol–water partition coefficient (Wildman–Crippen LogP) is 3.66. The standard InChI is InChI=1S/C16H22N2O/c1-4-11(2)13-5-7-14(8-6-13)16-12(3)19-15(18-16)9-10-17/h5-8,11H,4,9-10,17H2,1-3H3. The Morgan fingerprint density at radius 3 is 2.53 bits per heavy atom. The van der Waals surface area contributed by atoms with E-state index < -0.39 is 0 Å². The monoisotopic (exact) mass is 258 g/mol. The lowest BCUT2D eigenvalue weighted by Gasteiger charge is -2.09. The van der Waals surface area contributed by atoms with Gasteiger partial charge < -0.3 is 10.2 Å². The molecule has 3 nitrogen and oxygen atoms in total. The Kier molecular flexibility index (Phi) is 4.38. The van der Waals surface area contributed by atoms with Gasteiger partial charge in [0.05, 0.1) is 0 Å². The molecule has 0 aliphatic rings. The Hall–Kier alpha value is -1.61. The van der Waals surface area contributed by atoms with Crippen molar-refractivity contribution >= 4 is 0 Å². The van der Waals surface area contributed by atoms with Crippen LogP contribution in [-0.4, -0.2) is 11.5 Å². The van der Waals surface area contributed by atoms with E-state index in [1.165, 1.54) is 5.56 Å². The Balaban J connectivity index is 2.26. The van der Waals surface area contributed by atoms with Crippen molar-refractivity contribution < 1.29 is 4.42 Å². The zero-order valence-corrected chi connectivity index (χ0v) is 11.9. The molecule has 0 aliphatic heterocycles. The number of aryl methyl sites for hydroxylation is 1. The predicted molar refractivity (Wildman–Crippen MR) is 78.1 cm³/mol. The van der Waals surface area contributed by atoms with Gasteiger partial charge in [0.1, 0.15) is 11.5 Å². The number of benzene rings is 1. The second-order valence-corrected chi connectivity index (χ2v) is 4.98. The third-order valence-electron chi connectivity index (χ3n) is 3.56. The molecule has 0 saturated heterocycles. The molecule has 2 rings (SSSR count). The van der Waals surface area contributed by atoms with Crippen LogP contribution in [0.4, 0.5) is 0 Å². The summed E-state index contributed by atoms with van der Waals surface area (Å²) in [7, 11) is 0. The smallest absolute Gasteiger partial charge is 0.196 e. The van der Waals surface area contributed by atoms with Gasteiger partial charge in [0.25, 0.3) is 0 Å². The van der Waals surface area contributed by atoms with Crippen LogP contribution < -0.4 is 5.73 Å². The number of nitrogens with zero attached hydrogens (tertiary/aromatic N) is 1. The molecule has 1 unspecified atom stereocenters. The summed E-state index contributed by atoms with van der Waals surface area (Å²) in [5.74, 6) is 2.18. The highest BCUT2D eigenvalue weighted by Gasteiger charge is 2.11. The Morgan fingerprint density at radius 2 is 1.95 bits per heavy atom. The molecule has 2 N–H and O–H groups in total. The summed E-state index contributed by atoms with van der Waals surface area (Å²) in [6, 6.07) is 8.61. The summed E-state index contributed by atoms with van der Waals surface area (Å²) in [6.45, 7) is 6.96. The minimum absolute atomic E-state index is 0.562.